The van der Waals surface area contributed by atoms with Gasteiger partial charge in [0.1, 0.15) is 0 Å². The Morgan fingerprint density at radius 3 is 2.25 bits per heavy atom. The Labute approximate surface area is 225 Å². The Balaban J connectivity index is 1.99. The first-order valence-corrected chi connectivity index (χ1v) is 13.5. The standard InChI is InChI=1S/C34H34Cl2/c1-20-23(14-25(35)18-31(20)36)16-29-30(34(5,6)7)19-27-26-17-24(33(2,3)4)13-12-22(26)15-28(27)32(29)21-10-8-9-11-21/h8-10,12-19H,11H2,1-7H3. The van der Waals surface area contributed by atoms with Gasteiger partial charge in [0.25, 0.3) is 0 Å². The third-order valence-corrected chi connectivity index (χ3v) is 8.08. The highest BCUT2D eigenvalue weighted by molar-refractivity contribution is 6.35. The second-order valence-electron chi connectivity index (χ2n) is 12.2. The molecule has 0 fully saturated rings. The number of rotatable bonds is 2. The second-order valence-corrected chi connectivity index (χ2v) is 13.0. The van der Waals surface area contributed by atoms with Gasteiger partial charge >= 0.3 is 0 Å². The molecule has 0 aliphatic heterocycles. The molecule has 0 bridgehead atoms. The molecular weight excluding hydrogens is 479 g/mol. The molecule has 0 aromatic heterocycles. The molecule has 2 aliphatic rings. The summed E-state index contributed by atoms with van der Waals surface area (Å²) in [4.78, 5) is 0. The summed E-state index contributed by atoms with van der Waals surface area (Å²) in [6.07, 6.45) is 12.3. The first kappa shape index (κ1) is 25.1. The van der Waals surface area contributed by atoms with Crippen LogP contribution in [0.2, 0.25) is 10.0 Å². The molecule has 0 atom stereocenters. The fourth-order valence-electron chi connectivity index (χ4n) is 5.34. The minimum Gasteiger partial charge on any atom is -0.0843 e. The summed E-state index contributed by atoms with van der Waals surface area (Å²) in [7, 11) is 0. The molecule has 0 spiro atoms. The lowest BCUT2D eigenvalue weighted by Gasteiger charge is -2.24. The second kappa shape index (κ2) is 8.79. The lowest BCUT2D eigenvalue weighted by molar-refractivity contribution is 0.585. The van der Waals surface area contributed by atoms with Crippen LogP contribution in [0.4, 0.5) is 0 Å². The van der Waals surface area contributed by atoms with E-state index in [9.17, 15) is 0 Å². The van der Waals surface area contributed by atoms with E-state index in [1.165, 1.54) is 48.7 Å². The molecule has 0 unspecified atom stereocenters. The Bertz CT molecular complexity index is 1680. The smallest absolute Gasteiger partial charge is 0.0455 e. The van der Waals surface area contributed by atoms with Crippen LogP contribution in [0.15, 0.2) is 54.6 Å². The summed E-state index contributed by atoms with van der Waals surface area (Å²) in [5.41, 5.74) is 8.86. The van der Waals surface area contributed by atoms with Crippen molar-refractivity contribution in [3.8, 4) is 0 Å². The average Bonchev–Trinajstić information content (AvgIpc) is 3.42. The molecular formula is C34H34Cl2. The van der Waals surface area contributed by atoms with E-state index < -0.39 is 0 Å². The van der Waals surface area contributed by atoms with Crippen LogP contribution in [0.25, 0.3) is 17.7 Å². The molecule has 2 heteroatoms. The van der Waals surface area contributed by atoms with Gasteiger partial charge < -0.3 is 0 Å². The summed E-state index contributed by atoms with van der Waals surface area (Å²) in [5, 5.41) is 6.59. The van der Waals surface area contributed by atoms with Crippen molar-refractivity contribution < 1.29 is 0 Å². The molecule has 2 aliphatic carbocycles. The van der Waals surface area contributed by atoms with Gasteiger partial charge in [-0.15, -0.1) is 0 Å². The van der Waals surface area contributed by atoms with Crippen molar-refractivity contribution in [2.24, 2.45) is 0 Å². The molecule has 0 nitrogen and oxygen atoms in total. The van der Waals surface area contributed by atoms with Gasteiger partial charge in [-0.3, -0.25) is 0 Å². The predicted molar refractivity (Wildman–Crippen MR) is 157 cm³/mol. The Kier molecular flexibility index (Phi) is 6.13. The molecule has 0 N–H and O–H groups in total. The van der Waals surface area contributed by atoms with Crippen LogP contribution < -0.4 is 10.4 Å². The zero-order valence-corrected chi connectivity index (χ0v) is 23.8. The monoisotopic (exact) mass is 512 g/mol. The van der Waals surface area contributed by atoms with Crippen LogP contribution in [-0.2, 0) is 10.8 Å². The molecule has 0 amide bonds. The summed E-state index contributed by atoms with van der Waals surface area (Å²) in [5.74, 6) is 0. The highest BCUT2D eigenvalue weighted by atomic mass is 35.5. The molecule has 184 valence electrons. The Morgan fingerprint density at radius 2 is 1.61 bits per heavy atom. The number of fused-ring (bicyclic) bond motifs is 2. The summed E-state index contributed by atoms with van der Waals surface area (Å²) < 4.78 is 0. The fraction of sp³-hybridized carbons (Fsp3) is 0.294. The predicted octanol–water partition coefficient (Wildman–Crippen LogP) is 8.50. The van der Waals surface area contributed by atoms with Crippen LogP contribution in [0.3, 0.4) is 0 Å². The van der Waals surface area contributed by atoms with E-state index in [1.54, 1.807) is 0 Å². The van der Waals surface area contributed by atoms with Gasteiger partial charge in [0, 0.05) is 10.0 Å². The minimum atomic E-state index is -0.0527. The van der Waals surface area contributed by atoms with E-state index >= 15 is 0 Å². The van der Waals surface area contributed by atoms with Crippen molar-refractivity contribution in [2.75, 3.05) is 0 Å². The molecule has 3 aromatic carbocycles. The highest BCUT2D eigenvalue weighted by Crippen LogP contribution is 2.32. The van der Waals surface area contributed by atoms with Crippen LogP contribution in [-0.4, -0.2) is 0 Å². The quantitative estimate of drug-likeness (QED) is 0.252. The van der Waals surface area contributed by atoms with E-state index in [2.05, 4.69) is 103 Å². The number of halogens is 2. The normalized spacial score (nSPS) is 15.1. The molecule has 5 rings (SSSR count). The first-order valence-electron chi connectivity index (χ1n) is 12.7. The maximum atomic E-state index is 6.56. The topological polar surface area (TPSA) is 0 Å². The number of benzene rings is 3. The van der Waals surface area contributed by atoms with Crippen molar-refractivity contribution in [2.45, 2.75) is 65.7 Å². The first-order chi connectivity index (χ1) is 16.8. The third-order valence-electron chi connectivity index (χ3n) is 7.47. The van der Waals surface area contributed by atoms with E-state index in [1.807, 2.05) is 12.1 Å². The average molecular weight is 514 g/mol. The van der Waals surface area contributed by atoms with E-state index in [-0.39, 0.29) is 10.8 Å². The van der Waals surface area contributed by atoms with Gasteiger partial charge in [-0.25, -0.2) is 0 Å². The van der Waals surface area contributed by atoms with Crippen LogP contribution in [0.1, 0.15) is 81.3 Å². The van der Waals surface area contributed by atoms with Gasteiger partial charge in [-0.1, -0.05) is 101 Å². The van der Waals surface area contributed by atoms with Gasteiger partial charge in [-0.2, -0.15) is 0 Å². The Hall–Kier alpha value is -2.54. The SMILES string of the molecule is Cc1c(Cl)cc(Cl)cc1C=c1c(C(C)(C)C)cc2c(c1C1=CC=CC1)C=c1ccc(C(C)(C)C)cc1=2. The van der Waals surface area contributed by atoms with Gasteiger partial charge in [0.05, 0.1) is 0 Å². The molecule has 0 saturated heterocycles. The number of hydrogen-bond acceptors (Lipinski definition) is 0. The highest BCUT2D eigenvalue weighted by Gasteiger charge is 2.24. The summed E-state index contributed by atoms with van der Waals surface area (Å²) >= 11 is 13.0. The molecule has 0 saturated carbocycles. The summed E-state index contributed by atoms with van der Waals surface area (Å²) in [6.45, 7) is 15.8. The number of hydrogen-bond donors (Lipinski definition) is 0. The van der Waals surface area contributed by atoms with Crippen LogP contribution in [0, 0.1) is 17.4 Å². The Morgan fingerprint density at radius 1 is 0.861 bits per heavy atom. The van der Waals surface area contributed by atoms with Crippen molar-refractivity contribution in [3.05, 3.63) is 119 Å². The van der Waals surface area contributed by atoms with Crippen molar-refractivity contribution in [1.82, 2.24) is 0 Å². The van der Waals surface area contributed by atoms with Crippen LogP contribution >= 0.6 is 23.2 Å². The maximum Gasteiger partial charge on any atom is 0.0455 e. The van der Waals surface area contributed by atoms with Gasteiger partial charge in [0.2, 0.25) is 0 Å². The molecule has 36 heavy (non-hydrogen) atoms. The van der Waals surface area contributed by atoms with Crippen molar-refractivity contribution in [3.63, 3.8) is 0 Å². The lowest BCUT2D eigenvalue weighted by atomic mass is 9.80. The molecule has 0 heterocycles. The molecule has 3 aromatic rings. The lowest BCUT2D eigenvalue weighted by Crippen LogP contribution is -2.27. The summed E-state index contributed by atoms with van der Waals surface area (Å²) in [6, 6.07) is 13.3. The van der Waals surface area contributed by atoms with Crippen molar-refractivity contribution >= 4 is 40.9 Å². The molecule has 0 radical (unpaired) electrons. The zero-order valence-electron chi connectivity index (χ0n) is 22.3. The third kappa shape index (κ3) is 4.40. The fourth-order valence-corrected chi connectivity index (χ4v) is 5.85. The van der Waals surface area contributed by atoms with Gasteiger partial charge in [0.15, 0.2) is 0 Å². The van der Waals surface area contributed by atoms with Crippen LogP contribution in [0.5, 0.6) is 0 Å². The minimum absolute atomic E-state index is 0.0527. The van der Waals surface area contributed by atoms with Crippen molar-refractivity contribution in [1.29, 1.82) is 0 Å². The van der Waals surface area contributed by atoms with E-state index in [0.29, 0.717) is 10.0 Å². The van der Waals surface area contributed by atoms with E-state index in [0.717, 1.165) is 17.5 Å². The maximum absolute atomic E-state index is 6.56. The van der Waals surface area contributed by atoms with E-state index in [4.69, 9.17) is 23.2 Å². The largest absolute Gasteiger partial charge is 0.0843 e. The number of allylic oxidation sites excluding steroid dienone is 4. The van der Waals surface area contributed by atoms with Gasteiger partial charge in [-0.05, 0) is 114 Å². The zero-order chi connectivity index (χ0) is 26.0.